The van der Waals surface area contributed by atoms with Gasteiger partial charge in [-0.15, -0.1) is 0 Å². The Morgan fingerprint density at radius 1 is 1.50 bits per heavy atom. The monoisotopic (exact) mass is 98.0 g/mol. The summed E-state index contributed by atoms with van der Waals surface area (Å²) in [5.41, 5.74) is 1.20. The van der Waals surface area contributed by atoms with Crippen molar-refractivity contribution in [3.05, 3.63) is 0 Å². The molecule has 0 heterocycles. The van der Waals surface area contributed by atoms with Gasteiger partial charge < -0.3 is 0 Å². The summed E-state index contributed by atoms with van der Waals surface area (Å²) >= 11 is -2.69. The van der Waals surface area contributed by atoms with Gasteiger partial charge in [-0.1, -0.05) is 0 Å². The van der Waals surface area contributed by atoms with Crippen LogP contribution in [0.4, 0.5) is 0 Å². The van der Waals surface area contributed by atoms with Crippen molar-refractivity contribution in [1.82, 2.24) is 0 Å². The average molecular weight is 98.0 g/mol. The standard InChI is InChI=1S/CH3.2O.V/h1H3;;;. The molecular formula is CH3O2V. The first-order valence-electron chi connectivity index (χ1n) is 0.812. The maximum absolute atomic E-state index is 9.12. The minimum atomic E-state index is -2.69. The molecule has 0 rings (SSSR count). The summed E-state index contributed by atoms with van der Waals surface area (Å²) in [7, 11) is 0. The van der Waals surface area contributed by atoms with Crippen molar-refractivity contribution in [3.8, 4) is 0 Å². The molecule has 0 saturated carbocycles. The van der Waals surface area contributed by atoms with Gasteiger partial charge in [0.1, 0.15) is 0 Å². The summed E-state index contributed by atoms with van der Waals surface area (Å²) in [6, 6.07) is 0. The van der Waals surface area contributed by atoms with Crippen LogP contribution in [0.5, 0.6) is 0 Å². The van der Waals surface area contributed by atoms with Gasteiger partial charge in [-0.25, -0.2) is 0 Å². The molecule has 24 valence electrons. The van der Waals surface area contributed by atoms with E-state index in [1.165, 1.54) is 5.64 Å². The van der Waals surface area contributed by atoms with Crippen LogP contribution in [0.1, 0.15) is 0 Å². The molecule has 0 aromatic rings. The Morgan fingerprint density at radius 3 is 1.50 bits per heavy atom. The summed E-state index contributed by atoms with van der Waals surface area (Å²) in [5.74, 6) is 0. The Hall–Kier alpha value is 0.184. The molecule has 0 N–H and O–H groups in total. The van der Waals surface area contributed by atoms with Crippen molar-refractivity contribution in [2.24, 2.45) is 0 Å². The van der Waals surface area contributed by atoms with Crippen LogP contribution >= 0.6 is 0 Å². The third kappa shape index (κ3) is 90.1. The van der Waals surface area contributed by atoms with Gasteiger partial charge in [0.2, 0.25) is 0 Å². The average Bonchev–Trinajstić information content (AvgIpc) is 0.811. The molecule has 3 heteroatoms. The summed E-state index contributed by atoms with van der Waals surface area (Å²) in [6.45, 7) is 0. The fourth-order valence-corrected chi connectivity index (χ4v) is 0. The molecule has 2 nitrogen and oxygen atoms in total. The zero-order valence-electron chi connectivity index (χ0n) is 2.26. The number of hydrogen-bond acceptors (Lipinski definition) is 2. The van der Waals surface area contributed by atoms with Crippen LogP contribution in [0.25, 0.3) is 0 Å². The summed E-state index contributed by atoms with van der Waals surface area (Å²) in [4.78, 5) is 0. The van der Waals surface area contributed by atoms with Gasteiger partial charge in [0.05, 0.1) is 0 Å². The van der Waals surface area contributed by atoms with Gasteiger partial charge in [0.25, 0.3) is 0 Å². The van der Waals surface area contributed by atoms with Crippen LogP contribution in [0.3, 0.4) is 0 Å². The first-order chi connectivity index (χ1) is 1.73. The first-order valence-corrected chi connectivity index (χ1v) is 3.35. The van der Waals surface area contributed by atoms with Crippen LogP contribution in [0.15, 0.2) is 0 Å². The molecule has 0 aromatic heterocycles. The van der Waals surface area contributed by atoms with Crippen LogP contribution in [-0.2, 0) is 22.4 Å². The van der Waals surface area contributed by atoms with E-state index < -0.39 is 15.1 Å². The minimum absolute atomic E-state index is 1.20. The molecule has 0 fully saturated rings. The SMILES string of the molecule is [CH3][V](=[O])=[O]. The van der Waals surface area contributed by atoms with E-state index >= 15 is 0 Å². The van der Waals surface area contributed by atoms with E-state index in [0.29, 0.717) is 0 Å². The van der Waals surface area contributed by atoms with E-state index in [1.54, 1.807) is 0 Å². The summed E-state index contributed by atoms with van der Waals surface area (Å²) in [5, 5.41) is 0. The molecule has 0 aliphatic heterocycles. The summed E-state index contributed by atoms with van der Waals surface area (Å²) < 4.78 is 18.2. The Balaban J connectivity index is 3.51. The molecule has 0 aliphatic rings. The van der Waals surface area contributed by atoms with Crippen LogP contribution in [0, 0.1) is 0 Å². The molecular weight excluding hydrogens is 95.0 g/mol. The van der Waals surface area contributed by atoms with Gasteiger partial charge >= 0.3 is 28.0 Å². The second-order valence-corrected chi connectivity index (χ2v) is 1.81. The van der Waals surface area contributed by atoms with Gasteiger partial charge in [-0.3, -0.25) is 0 Å². The molecule has 0 amide bonds. The van der Waals surface area contributed by atoms with Crippen molar-refractivity contribution < 1.29 is 22.4 Å². The molecule has 4 heavy (non-hydrogen) atoms. The fraction of sp³-hybridized carbons (Fsp3) is 1.00. The quantitative estimate of drug-likeness (QED) is 0.437. The van der Waals surface area contributed by atoms with Crippen molar-refractivity contribution in [2.45, 2.75) is 5.64 Å². The molecule has 0 saturated heterocycles. The van der Waals surface area contributed by atoms with E-state index in [0.717, 1.165) is 0 Å². The topological polar surface area (TPSA) is 34.1 Å². The van der Waals surface area contributed by atoms with Gasteiger partial charge in [-0.2, -0.15) is 0 Å². The van der Waals surface area contributed by atoms with Crippen molar-refractivity contribution >= 4 is 0 Å². The fourth-order valence-electron chi connectivity index (χ4n) is 0. The van der Waals surface area contributed by atoms with Crippen LogP contribution in [0.2, 0.25) is 5.64 Å². The van der Waals surface area contributed by atoms with E-state index in [1.807, 2.05) is 0 Å². The molecule has 0 unspecified atom stereocenters. The Morgan fingerprint density at radius 2 is 1.50 bits per heavy atom. The zero-order chi connectivity index (χ0) is 3.58. The van der Waals surface area contributed by atoms with Crippen molar-refractivity contribution in [2.75, 3.05) is 0 Å². The predicted octanol–water partition coefficient (Wildman–Crippen LogP) is 0.344. The van der Waals surface area contributed by atoms with E-state index in [2.05, 4.69) is 0 Å². The van der Waals surface area contributed by atoms with E-state index in [-0.39, 0.29) is 0 Å². The van der Waals surface area contributed by atoms with Gasteiger partial charge in [0.15, 0.2) is 0 Å². The Labute approximate surface area is 28.8 Å². The maximum atomic E-state index is 9.12. The van der Waals surface area contributed by atoms with Crippen LogP contribution in [-0.4, -0.2) is 0 Å². The Kier molecular flexibility index (Phi) is 1.57. The second kappa shape index (κ2) is 1.50. The normalized spacial score (nSPS) is 6.25. The van der Waals surface area contributed by atoms with Crippen molar-refractivity contribution in [3.63, 3.8) is 0 Å². The van der Waals surface area contributed by atoms with Gasteiger partial charge in [0, 0.05) is 0 Å². The number of rotatable bonds is 0. The van der Waals surface area contributed by atoms with Crippen LogP contribution < -0.4 is 0 Å². The van der Waals surface area contributed by atoms with Gasteiger partial charge in [-0.05, 0) is 0 Å². The number of hydrogen-bond donors (Lipinski definition) is 0. The molecule has 0 radical (unpaired) electrons. The van der Waals surface area contributed by atoms with E-state index in [9.17, 15) is 0 Å². The van der Waals surface area contributed by atoms with Crippen molar-refractivity contribution in [1.29, 1.82) is 0 Å². The predicted molar refractivity (Wildman–Crippen MR) is 7.24 cm³/mol. The Bertz CT molecular complexity index is 54.4. The molecule has 0 bridgehead atoms. The van der Waals surface area contributed by atoms with E-state index in [4.69, 9.17) is 7.35 Å². The molecule has 0 atom stereocenters. The molecule has 0 aliphatic carbocycles. The molecule has 0 spiro atoms. The zero-order valence-corrected chi connectivity index (χ0v) is 3.66. The second-order valence-electron chi connectivity index (χ2n) is 0.440. The molecule has 0 aromatic carbocycles. The first kappa shape index (κ1) is 4.18. The summed E-state index contributed by atoms with van der Waals surface area (Å²) in [6.07, 6.45) is 0. The third-order valence-electron chi connectivity index (χ3n) is 0. The third-order valence-corrected chi connectivity index (χ3v) is 0.